The molecule has 4 heteroatoms. The van der Waals surface area contributed by atoms with E-state index >= 15 is 0 Å². The van der Waals surface area contributed by atoms with Crippen LogP contribution in [0.2, 0.25) is 0 Å². The molecule has 102 valence electrons. The van der Waals surface area contributed by atoms with Crippen molar-refractivity contribution < 1.29 is 4.74 Å². The molecule has 0 spiro atoms. The molecule has 2 aromatic rings. The van der Waals surface area contributed by atoms with Crippen molar-refractivity contribution in [1.29, 1.82) is 0 Å². The fourth-order valence-electron chi connectivity index (χ4n) is 1.86. The molecule has 0 radical (unpaired) electrons. The second-order valence-corrected chi connectivity index (χ2v) is 5.38. The summed E-state index contributed by atoms with van der Waals surface area (Å²) in [6, 6.07) is 8.19. The van der Waals surface area contributed by atoms with Crippen LogP contribution in [0.25, 0.3) is 10.4 Å². The number of thiazole rings is 1. The topological polar surface area (TPSA) is 34.1 Å². The van der Waals surface area contributed by atoms with Crippen LogP contribution in [-0.4, -0.2) is 18.6 Å². The van der Waals surface area contributed by atoms with E-state index < -0.39 is 0 Å². The molecular weight excluding hydrogens is 256 g/mol. The number of benzene rings is 1. The number of para-hydroxylation sites is 1. The molecule has 1 heterocycles. The number of hydrogen-bond acceptors (Lipinski definition) is 4. The molecule has 0 saturated heterocycles. The lowest BCUT2D eigenvalue weighted by atomic mass is 10.1. The van der Waals surface area contributed by atoms with Crippen molar-refractivity contribution in [2.75, 3.05) is 19.0 Å². The van der Waals surface area contributed by atoms with E-state index in [2.05, 4.69) is 23.3 Å². The van der Waals surface area contributed by atoms with Crippen LogP contribution in [0.15, 0.2) is 24.3 Å². The van der Waals surface area contributed by atoms with Gasteiger partial charge in [0.05, 0.1) is 17.2 Å². The van der Waals surface area contributed by atoms with Crippen molar-refractivity contribution >= 4 is 16.5 Å². The van der Waals surface area contributed by atoms with Gasteiger partial charge in [-0.2, -0.15) is 0 Å². The van der Waals surface area contributed by atoms with E-state index in [1.54, 1.807) is 11.3 Å². The summed E-state index contributed by atoms with van der Waals surface area (Å²) in [6.07, 6.45) is 2.23. The third-order valence-electron chi connectivity index (χ3n) is 2.90. The lowest BCUT2D eigenvalue weighted by Crippen LogP contribution is -1.97. The molecule has 0 unspecified atom stereocenters. The quantitative estimate of drug-likeness (QED) is 0.797. The molecule has 0 aliphatic rings. The summed E-state index contributed by atoms with van der Waals surface area (Å²) >= 11 is 1.66. The Morgan fingerprint density at radius 1 is 1.32 bits per heavy atom. The van der Waals surface area contributed by atoms with Crippen molar-refractivity contribution in [3.8, 4) is 16.2 Å². The third kappa shape index (κ3) is 3.26. The van der Waals surface area contributed by atoms with Gasteiger partial charge in [-0.3, -0.25) is 0 Å². The molecule has 3 nitrogen and oxygen atoms in total. The van der Waals surface area contributed by atoms with Crippen LogP contribution in [0.3, 0.4) is 0 Å². The van der Waals surface area contributed by atoms with Gasteiger partial charge in [0.15, 0.2) is 5.13 Å². The van der Waals surface area contributed by atoms with Crippen LogP contribution in [0.1, 0.15) is 25.5 Å². The summed E-state index contributed by atoms with van der Waals surface area (Å²) in [5.41, 5.74) is 2.18. The van der Waals surface area contributed by atoms with Gasteiger partial charge in [0.25, 0.3) is 0 Å². The molecular formula is C15H20N2OS. The lowest BCUT2D eigenvalue weighted by molar-refractivity contribution is 0.310. The Balaban J connectivity index is 2.30. The van der Waals surface area contributed by atoms with Gasteiger partial charge in [-0.15, -0.1) is 0 Å². The van der Waals surface area contributed by atoms with Gasteiger partial charge in [-0.1, -0.05) is 36.8 Å². The highest BCUT2D eigenvalue weighted by molar-refractivity contribution is 7.19. The van der Waals surface area contributed by atoms with E-state index in [1.165, 1.54) is 4.88 Å². The zero-order chi connectivity index (χ0) is 13.7. The average Bonchev–Trinajstić information content (AvgIpc) is 2.81. The molecule has 0 fully saturated rings. The van der Waals surface area contributed by atoms with Gasteiger partial charge in [0, 0.05) is 12.6 Å². The monoisotopic (exact) mass is 276 g/mol. The molecule has 1 aromatic carbocycles. The van der Waals surface area contributed by atoms with Crippen molar-refractivity contribution in [3.05, 3.63) is 30.0 Å². The molecule has 0 amide bonds. The van der Waals surface area contributed by atoms with Crippen LogP contribution in [-0.2, 0) is 0 Å². The maximum Gasteiger partial charge on any atom is 0.183 e. The first-order chi connectivity index (χ1) is 9.26. The standard InChI is InChI=1S/C15H20N2OS/c1-4-5-10-18-13-9-7-6-8-12(13)14-11(2)17-15(16-3)19-14/h6-9H,4-5,10H2,1-3H3,(H,16,17). The van der Waals surface area contributed by atoms with Crippen molar-refractivity contribution in [3.63, 3.8) is 0 Å². The van der Waals surface area contributed by atoms with Gasteiger partial charge in [-0.25, -0.2) is 4.98 Å². The van der Waals surface area contributed by atoms with E-state index in [4.69, 9.17) is 4.74 Å². The Morgan fingerprint density at radius 3 is 2.79 bits per heavy atom. The van der Waals surface area contributed by atoms with Crippen LogP contribution in [0, 0.1) is 6.92 Å². The zero-order valence-electron chi connectivity index (χ0n) is 11.7. The fourth-order valence-corrected chi connectivity index (χ4v) is 2.81. The van der Waals surface area contributed by atoms with Gasteiger partial charge >= 0.3 is 0 Å². The molecule has 0 atom stereocenters. The zero-order valence-corrected chi connectivity index (χ0v) is 12.5. The normalized spacial score (nSPS) is 10.5. The van der Waals surface area contributed by atoms with E-state index in [0.717, 1.165) is 41.6 Å². The molecule has 0 aliphatic carbocycles. The second kappa shape index (κ2) is 6.57. The fraction of sp³-hybridized carbons (Fsp3) is 0.400. The summed E-state index contributed by atoms with van der Waals surface area (Å²) in [7, 11) is 1.89. The minimum atomic E-state index is 0.768. The number of unbranched alkanes of at least 4 members (excludes halogenated alkanes) is 1. The Kier molecular flexibility index (Phi) is 4.80. The minimum absolute atomic E-state index is 0.768. The van der Waals surface area contributed by atoms with Crippen LogP contribution in [0.4, 0.5) is 5.13 Å². The molecule has 2 rings (SSSR count). The molecule has 0 bridgehead atoms. The summed E-state index contributed by atoms with van der Waals surface area (Å²) in [5, 5.41) is 4.04. The molecule has 0 aliphatic heterocycles. The van der Waals surface area contributed by atoms with Gasteiger partial charge in [0.2, 0.25) is 0 Å². The number of anilines is 1. The maximum absolute atomic E-state index is 5.89. The van der Waals surface area contributed by atoms with Gasteiger partial charge in [0.1, 0.15) is 5.75 Å². The molecule has 19 heavy (non-hydrogen) atoms. The van der Waals surface area contributed by atoms with Crippen LogP contribution >= 0.6 is 11.3 Å². The van der Waals surface area contributed by atoms with Crippen LogP contribution in [0.5, 0.6) is 5.75 Å². The Morgan fingerprint density at radius 2 is 2.11 bits per heavy atom. The van der Waals surface area contributed by atoms with E-state index in [9.17, 15) is 0 Å². The predicted molar refractivity (Wildman–Crippen MR) is 82.2 cm³/mol. The summed E-state index contributed by atoms with van der Waals surface area (Å²) in [5.74, 6) is 0.949. The Labute approximate surface area is 118 Å². The first kappa shape index (κ1) is 13.9. The molecule has 0 saturated carbocycles. The SMILES string of the molecule is CCCCOc1ccccc1-c1sc(NC)nc1C. The number of hydrogen-bond donors (Lipinski definition) is 1. The van der Waals surface area contributed by atoms with Crippen molar-refractivity contribution in [2.45, 2.75) is 26.7 Å². The number of rotatable bonds is 6. The average molecular weight is 276 g/mol. The first-order valence-corrected chi connectivity index (χ1v) is 7.45. The summed E-state index contributed by atoms with van der Waals surface area (Å²) < 4.78 is 5.89. The largest absolute Gasteiger partial charge is 0.493 e. The maximum atomic E-state index is 5.89. The number of nitrogens with zero attached hydrogens (tertiary/aromatic N) is 1. The first-order valence-electron chi connectivity index (χ1n) is 6.63. The number of nitrogens with one attached hydrogen (secondary N) is 1. The summed E-state index contributed by atoms with van der Waals surface area (Å²) in [6.45, 7) is 4.97. The minimum Gasteiger partial charge on any atom is -0.493 e. The molecule has 1 N–H and O–H groups in total. The summed E-state index contributed by atoms with van der Waals surface area (Å²) in [4.78, 5) is 5.67. The van der Waals surface area contributed by atoms with Gasteiger partial charge < -0.3 is 10.1 Å². The van der Waals surface area contributed by atoms with Crippen molar-refractivity contribution in [1.82, 2.24) is 4.98 Å². The van der Waals surface area contributed by atoms with E-state index in [-0.39, 0.29) is 0 Å². The second-order valence-electron chi connectivity index (χ2n) is 4.38. The number of ether oxygens (including phenoxy) is 1. The highest BCUT2D eigenvalue weighted by Crippen LogP contribution is 2.37. The highest BCUT2D eigenvalue weighted by Gasteiger charge is 2.13. The van der Waals surface area contributed by atoms with Crippen molar-refractivity contribution in [2.24, 2.45) is 0 Å². The third-order valence-corrected chi connectivity index (χ3v) is 4.11. The molecule has 1 aromatic heterocycles. The van der Waals surface area contributed by atoms with Gasteiger partial charge in [-0.05, 0) is 25.5 Å². The smallest absolute Gasteiger partial charge is 0.183 e. The number of aryl methyl sites for hydroxylation is 1. The Hall–Kier alpha value is -1.55. The highest BCUT2D eigenvalue weighted by atomic mass is 32.1. The van der Waals surface area contributed by atoms with Crippen LogP contribution < -0.4 is 10.1 Å². The predicted octanol–water partition coefficient (Wildman–Crippen LogP) is 4.34. The Bertz CT molecular complexity index is 537. The number of aromatic nitrogens is 1. The lowest BCUT2D eigenvalue weighted by Gasteiger charge is -2.10. The van der Waals surface area contributed by atoms with E-state index in [0.29, 0.717) is 0 Å². The van der Waals surface area contributed by atoms with E-state index in [1.807, 2.05) is 32.2 Å².